The molecule has 2 rings (SSSR count). The second-order valence-corrected chi connectivity index (χ2v) is 5.80. The molecule has 0 saturated carbocycles. The molecular formula is C14H26N4O3. The van der Waals surface area contributed by atoms with E-state index in [4.69, 9.17) is 4.74 Å². The number of hydrogen-bond acceptors (Lipinski definition) is 4. The Bertz CT molecular complexity index is 380. The molecule has 0 aromatic carbocycles. The van der Waals surface area contributed by atoms with Gasteiger partial charge in [0.15, 0.2) is 0 Å². The molecule has 0 radical (unpaired) electrons. The minimum absolute atomic E-state index is 0.0109. The highest BCUT2D eigenvalue weighted by Crippen LogP contribution is 2.18. The lowest BCUT2D eigenvalue weighted by molar-refractivity contribution is -0.137. The van der Waals surface area contributed by atoms with E-state index in [1.807, 2.05) is 11.8 Å². The minimum Gasteiger partial charge on any atom is -0.379 e. The van der Waals surface area contributed by atoms with Crippen LogP contribution in [-0.4, -0.2) is 92.7 Å². The minimum atomic E-state index is -0.0962. The van der Waals surface area contributed by atoms with Gasteiger partial charge in [-0.25, -0.2) is 4.79 Å². The molecule has 3 amide bonds. The average molecular weight is 298 g/mol. The van der Waals surface area contributed by atoms with Gasteiger partial charge in [-0.05, 0) is 6.54 Å². The highest BCUT2D eigenvalue weighted by molar-refractivity contribution is 5.80. The Labute approximate surface area is 126 Å². The molecule has 2 aliphatic rings. The van der Waals surface area contributed by atoms with Crippen molar-refractivity contribution in [3.8, 4) is 0 Å². The number of urea groups is 1. The van der Waals surface area contributed by atoms with Gasteiger partial charge in [-0.3, -0.25) is 4.79 Å². The van der Waals surface area contributed by atoms with Crippen LogP contribution in [0.15, 0.2) is 0 Å². The molecule has 2 heterocycles. The Morgan fingerprint density at radius 2 is 1.76 bits per heavy atom. The molecule has 120 valence electrons. The van der Waals surface area contributed by atoms with Crippen molar-refractivity contribution >= 4 is 11.9 Å². The molecule has 0 aromatic heterocycles. The lowest BCUT2D eigenvalue weighted by atomic mass is 10.0. The predicted octanol–water partition coefficient (Wildman–Crippen LogP) is -0.563. The van der Waals surface area contributed by atoms with Gasteiger partial charge in [0.2, 0.25) is 5.91 Å². The van der Waals surface area contributed by atoms with Crippen LogP contribution in [0.2, 0.25) is 0 Å². The van der Waals surface area contributed by atoms with Crippen LogP contribution >= 0.6 is 0 Å². The molecule has 0 spiro atoms. The molecule has 0 bridgehead atoms. The SMILES string of the molecule is CCNC1COCC1C(=O)N1CCN(C(=O)N(C)C)CC1. The van der Waals surface area contributed by atoms with Crippen LogP contribution in [0.1, 0.15) is 6.92 Å². The van der Waals surface area contributed by atoms with E-state index in [0.717, 1.165) is 6.54 Å². The fourth-order valence-corrected chi connectivity index (χ4v) is 2.90. The summed E-state index contributed by atoms with van der Waals surface area (Å²) < 4.78 is 5.44. The first kappa shape index (κ1) is 16.0. The number of ether oxygens (including phenoxy) is 1. The molecule has 0 aromatic rings. The molecule has 0 aliphatic carbocycles. The fraction of sp³-hybridized carbons (Fsp3) is 0.857. The molecular weight excluding hydrogens is 272 g/mol. The van der Waals surface area contributed by atoms with Crippen LogP contribution in [0.4, 0.5) is 4.79 Å². The number of likely N-dealkylation sites (N-methyl/N-ethyl adjacent to an activating group) is 1. The van der Waals surface area contributed by atoms with E-state index in [1.165, 1.54) is 0 Å². The molecule has 21 heavy (non-hydrogen) atoms. The van der Waals surface area contributed by atoms with Crippen molar-refractivity contribution in [3.05, 3.63) is 0 Å². The second kappa shape index (κ2) is 7.09. The topological polar surface area (TPSA) is 65.1 Å². The summed E-state index contributed by atoms with van der Waals surface area (Å²) in [6.45, 7) is 6.37. The number of carbonyl (C=O) groups is 2. The third-order valence-corrected chi connectivity index (χ3v) is 4.11. The van der Waals surface area contributed by atoms with Gasteiger partial charge in [0.25, 0.3) is 0 Å². The normalized spacial score (nSPS) is 26.0. The van der Waals surface area contributed by atoms with Crippen LogP contribution in [0.3, 0.4) is 0 Å². The highest BCUT2D eigenvalue weighted by Gasteiger charge is 2.37. The van der Waals surface area contributed by atoms with Crippen molar-refractivity contribution in [2.24, 2.45) is 5.92 Å². The number of hydrogen-bond donors (Lipinski definition) is 1. The first-order valence-electron chi connectivity index (χ1n) is 7.60. The zero-order chi connectivity index (χ0) is 15.4. The molecule has 2 saturated heterocycles. The Kier molecular flexibility index (Phi) is 5.41. The van der Waals surface area contributed by atoms with Crippen LogP contribution in [0.5, 0.6) is 0 Å². The summed E-state index contributed by atoms with van der Waals surface area (Å²) in [5, 5.41) is 3.31. The number of piperazine rings is 1. The van der Waals surface area contributed by atoms with Crippen molar-refractivity contribution in [2.75, 3.05) is 60.0 Å². The van der Waals surface area contributed by atoms with Gasteiger partial charge < -0.3 is 24.8 Å². The lowest BCUT2D eigenvalue weighted by Crippen LogP contribution is -2.55. The molecule has 7 nitrogen and oxygen atoms in total. The molecule has 2 fully saturated rings. The summed E-state index contributed by atoms with van der Waals surface area (Å²) in [4.78, 5) is 29.7. The van der Waals surface area contributed by atoms with E-state index in [0.29, 0.717) is 39.4 Å². The quantitative estimate of drug-likeness (QED) is 0.758. The zero-order valence-electron chi connectivity index (χ0n) is 13.2. The van der Waals surface area contributed by atoms with E-state index in [1.54, 1.807) is 23.9 Å². The third kappa shape index (κ3) is 3.65. The lowest BCUT2D eigenvalue weighted by Gasteiger charge is -2.37. The molecule has 2 aliphatic heterocycles. The van der Waals surface area contributed by atoms with Gasteiger partial charge >= 0.3 is 6.03 Å². The molecule has 1 N–H and O–H groups in total. The van der Waals surface area contributed by atoms with Crippen LogP contribution < -0.4 is 5.32 Å². The summed E-state index contributed by atoms with van der Waals surface area (Å²) >= 11 is 0. The maximum Gasteiger partial charge on any atom is 0.319 e. The number of carbonyl (C=O) groups excluding carboxylic acids is 2. The fourth-order valence-electron chi connectivity index (χ4n) is 2.90. The predicted molar refractivity (Wildman–Crippen MR) is 79.0 cm³/mol. The zero-order valence-corrected chi connectivity index (χ0v) is 13.2. The van der Waals surface area contributed by atoms with Crippen LogP contribution in [0, 0.1) is 5.92 Å². The largest absolute Gasteiger partial charge is 0.379 e. The van der Waals surface area contributed by atoms with Crippen LogP contribution in [-0.2, 0) is 9.53 Å². The van der Waals surface area contributed by atoms with E-state index >= 15 is 0 Å². The maximum absolute atomic E-state index is 12.6. The monoisotopic (exact) mass is 298 g/mol. The molecule has 2 unspecified atom stereocenters. The van der Waals surface area contributed by atoms with Gasteiger partial charge in [-0.2, -0.15) is 0 Å². The summed E-state index contributed by atoms with van der Waals surface area (Å²) in [6.07, 6.45) is 0. The Balaban J connectivity index is 1.87. The van der Waals surface area contributed by atoms with Crippen molar-refractivity contribution < 1.29 is 14.3 Å². The Morgan fingerprint density at radius 1 is 1.14 bits per heavy atom. The first-order chi connectivity index (χ1) is 10.0. The van der Waals surface area contributed by atoms with Gasteiger partial charge in [0.1, 0.15) is 0 Å². The van der Waals surface area contributed by atoms with Gasteiger partial charge in [-0.1, -0.05) is 6.92 Å². The molecule has 2 atom stereocenters. The number of nitrogens with zero attached hydrogens (tertiary/aromatic N) is 3. The summed E-state index contributed by atoms with van der Waals surface area (Å²) in [7, 11) is 3.49. The van der Waals surface area contributed by atoms with Gasteiger partial charge in [0, 0.05) is 46.3 Å². The average Bonchev–Trinajstić information content (AvgIpc) is 2.94. The van der Waals surface area contributed by atoms with E-state index in [2.05, 4.69) is 5.32 Å². The van der Waals surface area contributed by atoms with Crippen molar-refractivity contribution in [3.63, 3.8) is 0 Å². The molecule has 7 heteroatoms. The first-order valence-corrected chi connectivity index (χ1v) is 7.60. The van der Waals surface area contributed by atoms with Crippen molar-refractivity contribution in [1.29, 1.82) is 0 Å². The van der Waals surface area contributed by atoms with Gasteiger partial charge in [-0.15, -0.1) is 0 Å². The smallest absolute Gasteiger partial charge is 0.319 e. The van der Waals surface area contributed by atoms with Gasteiger partial charge in [0.05, 0.1) is 19.1 Å². The van der Waals surface area contributed by atoms with Crippen molar-refractivity contribution in [1.82, 2.24) is 20.0 Å². The summed E-state index contributed by atoms with van der Waals surface area (Å²) in [5.74, 6) is 0.0523. The Morgan fingerprint density at radius 3 is 2.33 bits per heavy atom. The standard InChI is InChI=1S/C14H26N4O3/c1-4-15-12-10-21-9-11(12)13(19)17-5-7-18(8-6-17)14(20)16(2)3/h11-12,15H,4-10H2,1-3H3. The number of nitrogens with one attached hydrogen (secondary N) is 1. The van der Waals surface area contributed by atoms with Crippen molar-refractivity contribution in [2.45, 2.75) is 13.0 Å². The van der Waals surface area contributed by atoms with Crippen LogP contribution in [0.25, 0.3) is 0 Å². The second-order valence-electron chi connectivity index (χ2n) is 5.80. The number of amides is 3. The van der Waals surface area contributed by atoms with E-state index in [-0.39, 0.29) is 23.9 Å². The summed E-state index contributed by atoms with van der Waals surface area (Å²) in [5.41, 5.74) is 0. The number of rotatable bonds is 3. The maximum atomic E-state index is 12.6. The van der Waals surface area contributed by atoms with E-state index in [9.17, 15) is 9.59 Å². The van der Waals surface area contributed by atoms with E-state index < -0.39 is 0 Å². The Hall–Kier alpha value is -1.34. The third-order valence-electron chi connectivity index (χ3n) is 4.11. The summed E-state index contributed by atoms with van der Waals surface area (Å²) in [6, 6.07) is 0.126. The highest BCUT2D eigenvalue weighted by atomic mass is 16.5.